The van der Waals surface area contributed by atoms with Crippen LogP contribution in [0, 0.1) is 18.3 Å². The normalized spacial score (nSPS) is 16.3. The Hall–Kier alpha value is -2.16. The Morgan fingerprint density at radius 1 is 1.12 bits per heavy atom. The summed E-state index contributed by atoms with van der Waals surface area (Å²) in [6.07, 6.45) is 5.18. The number of nitrogens with one attached hydrogen (secondary N) is 1. The highest BCUT2D eigenvalue weighted by molar-refractivity contribution is 5.71. The number of aryl methyl sites for hydroxylation is 1. The number of anilines is 3. The molecule has 0 amide bonds. The van der Waals surface area contributed by atoms with E-state index < -0.39 is 0 Å². The zero-order chi connectivity index (χ0) is 18.0. The monoisotopic (exact) mass is 337 g/mol. The first kappa shape index (κ1) is 17.7. The molecule has 0 radical (unpaired) electrons. The Balaban J connectivity index is 1.90. The highest BCUT2D eigenvalue weighted by Gasteiger charge is 2.36. The quantitative estimate of drug-likeness (QED) is 0.607. The molecule has 0 aromatic heterocycles. The third-order valence-corrected chi connectivity index (χ3v) is 5.91. The topological polar surface area (TPSA) is 64.1 Å². The largest absolute Gasteiger partial charge is 0.399 e. The fourth-order valence-corrected chi connectivity index (χ4v) is 4.00. The molecule has 25 heavy (non-hydrogen) atoms. The molecule has 0 aliphatic heterocycles. The molecule has 3 nitrogen and oxygen atoms in total. The van der Waals surface area contributed by atoms with Crippen molar-refractivity contribution in [1.29, 1.82) is 0 Å². The van der Waals surface area contributed by atoms with Crippen LogP contribution in [0.25, 0.3) is 0 Å². The lowest BCUT2D eigenvalue weighted by Crippen LogP contribution is -2.33. The fourth-order valence-electron chi connectivity index (χ4n) is 4.00. The van der Waals surface area contributed by atoms with E-state index in [0.29, 0.717) is 16.8 Å². The van der Waals surface area contributed by atoms with Gasteiger partial charge in [-0.15, -0.1) is 0 Å². The molecular formula is C22H31N3. The molecule has 134 valence electrons. The molecule has 2 aromatic carbocycles. The molecule has 1 saturated carbocycles. The molecule has 0 saturated heterocycles. The van der Waals surface area contributed by atoms with Crippen molar-refractivity contribution in [2.75, 3.05) is 16.8 Å². The number of nitrogens with two attached hydrogens (primary N) is 2. The lowest BCUT2D eigenvalue weighted by Gasteiger charge is -2.43. The van der Waals surface area contributed by atoms with E-state index in [1.807, 2.05) is 18.2 Å². The number of nitrogen functional groups attached to an aromatic ring is 2. The van der Waals surface area contributed by atoms with Crippen LogP contribution in [0.4, 0.5) is 17.1 Å². The number of hydrogen-bond acceptors (Lipinski definition) is 3. The van der Waals surface area contributed by atoms with Crippen LogP contribution in [-0.2, 0) is 0 Å². The van der Waals surface area contributed by atoms with Gasteiger partial charge in [-0.05, 0) is 66.8 Å². The Morgan fingerprint density at radius 2 is 1.84 bits per heavy atom. The maximum Gasteiger partial charge on any atom is 0.0580 e. The van der Waals surface area contributed by atoms with Crippen molar-refractivity contribution in [3.05, 3.63) is 53.6 Å². The molecule has 3 heteroatoms. The van der Waals surface area contributed by atoms with Crippen LogP contribution in [0.5, 0.6) is 0 Å². The first-order chi connectivity index (χ1) is 11.9. The van der Waals surface area contributed by atoms with Gasteiger partial charge in [0.15, 0.2) is 0 Å². The second-order valence-electron chi connectivity index (χ2n) is 8.22. The van der Waals surface area contributed by atoms with Crippen LogP contribution < -0.4 is 16.8 Å². The second kappa shape index (κ2) is 6.99. The minimum Gasteiger partial charge on any atom is -0.399 e. The van der Waals surface area contributed by atoms with Crippen LogP contribution in [0.2, 0.25) is 0 Å². The van der Waals surface area contributed by atoms with E-state index in [9.17, 15) is 0 Å². The first-order valence-electron chi connectivity index (χ1n) is 9.34. The second-order valence-corrected chi connectivity index (χ2v) is 8.22. The highest BCUT2D eigenvalue weighted by Crippen LogP contribution is 2.47. The maximum atomic E-state index is 6.20. The molecule has 1 aliphatic rings. The Morgan fingerprint density at radius 3 is 2.44 bits per heavy atom. The van der Waals surface area contributed by atoms with E-state index >= 15 is 0 Å². The van der Waals surface area contributed by atoms with Crippen LogP contribution in [-0.4, -0.2) is 0 Å². The van der Waals surface area contributed by atoms with E-state index in [-0.39, 0.29) is 6.04 Å². The summed E-state index contributed by atoms with van der Waals surface area (Å²) < 4.78 is 0. The van der Waals surface area contributed by atoms with Crippen molar-refractivity contribution in [3.63, 3.8) is 0 Å². The highest BCUT2D eigenvalue weighted by atomic mass is 14.9. The van der Waals surface area contributed by atoms with E-state index in [4.69, 9.17) is 11.5 Å². The van der Waals surface area contributed by atoms with Crippen molar-refractivity contribution < 1.29 is 0 Å². The lowest BCUT2D eigenvalue weighted by molar-refractivity contribution is 0.105. The number of rotatable bonds is 6. The summed E-state index contributed by atoms with van der Waals surface area (Å²) in [5.74, 6) is 0.824. The summed E-state index contributed by atoms with van der Waals surface area (Å²) in [6.45, 7) is 7.01. The minimum absolute atomic E-state index is 0.239. The molecule has 1 fully saturated rings. The zero-order valence-electron chi connectivity index (χ0n) is 15.7. The third kappa shape index (κ3) is 3.92. The van der Waals surface area contributed by atoms with Crippen LogP contribution in [0.3, 0.4) is 0 Å². The molecule has 0 bridgehead atoms. The van der Waals surface area contributed by atoms with Gasteiger partial charge in [0, 0.05) is 5.69 Å². The molecule has 2 aromatic rings. The zero-order valence-corrected chi connectivity index (χ0v) is 15.7. The van der Waals surface area contributed by atoms with Crippen molar-refractivity contribution >= 4 is 17.1 Å². The van der Waals surface area contributed by atoms with Crippen LogP contribution in [0.1, 0.15) is 56.7 Å². The maximum absolute atomic E-state index is 6.20. The average Bonchev–Trinajstić information content (AvgIpc) is 2.47. The van der Waals surface area contributed by atoms with E-state index in [1.54, 1.807) is 0 Å². The fraction of sp³-hybridized carbons (Fsp3) is 0.455. The molecule has 0 heterocycles. The molecule has 1 aliphatic carbocycles. The van der Waals surface area contributed by atoms with E-state index in [1.165, 1.54) is 30.4 Å². The van der Waals surface area contributed by atoms with E-state index in [0.717, 1.165) is 18.0 Å². The predicted molar refractivity (Wildman–Crippen MR) is 109 cm³/mol. The van der Waals surface area contributed by atoms with Crippen molar-refractivity contribution in [3.8, 4) is 0 Å². The molecule has 5 N–H and O–H groups in total. The Labute approximate surface area is 151 Å². The Kier molecular flexibility index (Phi) is 4.94. The molecule has 1 unspecified atom stereocenters. The predicted octanol–water partition coefficient (Wildman–Crippen LogP) is 5.53. The van der Waals surface area contributed by atoms with Gasteiger partial charge >= 0.3 is 0 Å². The molecular weight excluding hydrogens is 306 g/mol. The average molecular weight is 338 g/mol. The minimum atomic E-state index is 0.239. The van der Waals surface area contributed by atoms with Gasteiger partial charge in [-0.2, -0.15) is 0 Å². The summed E-state index contributed by atoms with van der Waals surface area (Å²) in [6, 6.07) is 14.6. The van der Waals surface area contributed by atoms with Crippen LogP contribution in [0.15, 0.2) is 42.5 Å². The van der Waals surface area contributed by atoms with Crippen molar-refractivity contribution in [1.82, 2.24) is 0 Å². The van der Waals surface area contributed by atoms with Crippen molar-refractivity contribution in [2.24, 2.45) is 11.3 Å². The molecule has 1 atom stereocenters. The summed E-state index contributed by atoms with van der Waals surface area (Å²) in [7, 11) is 0. The van der Waals surface area contributed by atoms with E-state index in [2.05, 4.69) is 50.4 Å². The SMILES string of the molecule is Cc1ccccc1C(CC(C)(C)C1CCC1)Nc1ccc(N)cc1N. The van der Waals surface area contributed by atoms with Crippen molar-refractivity contribution in [2.45, 2.75) is 52.5 Å². The number of hydrogen-bond donors (Lipinski definition) is 3. The third-order valence-electron chi connectivity index (χ3n) is 5.91. The van der Waals surface area contributed by atoms with Gasteiger partial charge < -0.3 is 16.8 Å². The standard InChI is InChI=1S/C22H31N3/c1-15-7-4-5-10-18(15)21(14-22(2,3)16-8-6-9-16)25-20-12-11-17(23)13-19(20)24/h4-5,7,10-13,16,21,25H,6,8-9,14,23-24H2,1-3H3. The van der Waals surface area contributed by atoms with Gasteiger partial charge in [-0.1, -0.05) is 44.5 Å². The van der Waals surface area contributed by atoms with Gasteiger partial charge in [0.2, 0.25) is 0 Å². The van der Waals surface area contributed by atoms with Crippen LogP contribution >= 0.6 is 0 Å². The van der Waals surface area contributed by atoms with Gasteiger partial charge in [-0.25, -0.2) is 0 Å². The summed E-state index contributed by atoms with van der Waals surface area (Å²) in [5.41, 5.74) is 17.4. The summed E-state index contributed by atoms with van der Waals surface area (Å²) >= 11 is 0. The first-order valence-corrected chi connectivity index (χ1v) is 9.34. The summed E-state index contributed by atoms with van der Waals surface area (Å²) in [4.78, 5) is 0. The Bertz CT molecular complexity index is 732. The van der Waals surface area contributed by atoms with Gasteiger partial charge in [0.1, 0.15) is 0 Å². The summed E-state index contributed by atoms with van der Waals surface area (Å²) in [5, 5.41) is 3.71. The van der Waals surface area contributed by atoms with Gasteiger partial charge in [0.05, 0.1) is 17.4 Å². The smallest absolute Gasteiger partial charge is 0.0580 e. The lowest BCUT2D eigenvalue weighted by atomic mass is 9.64. The van der Waals surface area contributed by atoms with Gasteiger partial charge in [-0.3, -0.25) is 0 Å². The number of benzene rings is 2. The molecule has 0 spiro atoms. The molecule has 3 rings (SSSR count). The van der Waals surface area contributed by atoms with Gasteiger partial charge in [0.25, 0.3) is 0 Å².